The average Bonchev–Trinajstić information content (AvgIpc) is 4.18. The van der Waals surface area contributed by atoms with E-state index in [-0.39, 0.29) is 27.3 Å². The third-order valence-electron chi connectivity index (χ3n) is 17.6. The highest BCUT2D eigenvalue weighted by molar-refractivity contribution is 5.13. The maximum absolute atomic E-state index is 10.2. The Morgan fingerprint density at radius 1 is 0.519 bits per heavy atom. The molecule has 0 spiro atoms. The molecule has 1 aliphatic heterocycles. The van der Waals surface area contributed by atoms with E-state index in [0.29, 0.717) is 33.4 Å². The van der Waals surface area contributed by atoms with Crippen LogP contribution in [0.1, 0.15) is 331 Å². The van der Waals surface area contributed by atoms with E-state index in [1.54, 1.807) is 25.7 Å². The van der Waals surface area contributed by atoms with Gasteiger partial charge in [0, 0.05) is 43.4 Å². The van der Waals surface area contributed by atoms with Gasteiger partial charge < -0.3 is 18.7 Å². The highest BCUT2D eigenvalue weighted by atomic mass is 16.5. The van der Waals surface area contributed by atoms with Crippen LogP contribution in [0.15, 0.2) is 40.0 Å². The summed E-state index contributed by atoms with van der Waals surface area (Å²) >= 11 is 0. The van der Waals surface area contributed by atoms with E-state index in [1.807, 2.05) is 33.2 Å². The molecule has 1 unspecified atom stereocenters. The summed E-state index contributed by atoms with van der Waals surface area (Å²) in [6, 6.07) is 0. The van der Waals surface area contributed by atoms with E-state index >= 15 is 0 Å². The van der Waals surface area contributed by atoms with Crippen molar-refractivity contribution in [1.82, 2.24) is 25.1 Å². The van der Waals surface area contributed by atoms with Crippen LogP contribution >= 0.6 is 0 Å². The fraction of sp³-hybridized carbons (Fsp3) is 0.875. The van der Waals surface area contributed by atoms with E-state index < -0.39 is 0 Å². The number of aliphatic hydroxyl groups is 1. The Morgan fingerprint density at radius 3 is 1.26 bits per heavy atom. The normalized spacial score (nSPS) is 21.3. The molecular formula is C72H135N5O4. The van der Waals surface area contributed by atoms with Gasteiger partial charge >= 0.3 is 0 Å². The average molecular weight is 1130 g/mol. The second kappa shape index (κ2) is 34.5. The molecule has 1 N–H and O–H groups in total. The molecule has 0 bridgehead atoms. The Balaban J connectivity index is 0.000000463. The molecule has 0 aromatic carbocycles. The van der Waals surface area contributed by atoms with Gasteiger partial charge in [0.2, 0.25) is 11.8 Å². The van der Waals surface area contributed by atoms with Crippen LogP contribution in [0.2, 0.25) is 0 Å². The molecule has 1 saturated heterocycles. The van der Waals surface area contributed by atoms with E-state index in [0.717, 1.165) is 61.5 Å². The van der Waals surface area contributed by atoms with Crippen molar-refractivity contribution in [2.45, 2.75) is 337 Å². The summed E-state index contributed by atoms with van der Waals surface area (Å²) in [5.41, 5.74) is 3.18. The number of aryl methyl sites for hydroxylation is 1. The maximum atomic E-state index is 10.2. The Labute approximate surface area is 502 Å². The van der Waals surface area contributed by atoms with Crippen LogP contribution < -0.4 is 0 Å². The number of ether oxygens (including phenoxy) is 1. The maximum Gasteiger partial charge on any atom is 0.221 e. The molecule has 5 aliphatic rings. The number of nitrogens with zero attached hydrogens (tertiary/aromatic N) is 5. The van der Waals surface area contributed by atoms with Crippen molar-refractivity contribution in [3.8, 4) is 0 Å². The van der Waals surface area contributed by atoms with Crippen LogP contribution in [0, 0.1) is 63.6 Å². The van der Waals surface area contributed by atoms with Gasteiger partial charge in [-0.15, -0.1) is 10.2 Å². The van der Waals surface area contributed by atoms with Crippen LogP contribution in [0.25, 0.3) is 0 Å². The smallest absolute Gasteiger partial charge is 0.221 e. The van der Waals surface area contributed by atoms with Gasteiger partial charge in [0.1, 0.15) is 12.6 Å². The van der Waals surface area contributed by atoms with E-state index in [4.69, 9.17) is 13.6 Å². The first-order valence-electron chi connectivity index (χ1n) is 32.7. The first kappa shape index (κ1) is 76.4. The summed E-state index contributed by atoms with van der Waals surface area (Å²) in [7, 11) is 0. The number of rotatable bonds is 1. The summed E-state index contributed by atoms with van der Waals surface area (Å²) in [5, 5.41) is 17.8. The Kier molecular flexibility index (Phi) is 32.5. The summed E-state index contributed by atoms with van der Waals surface area (Å²) in [6.45, 7) is 59.5. The van der Waals surface area contributed by atoms with Crippen molar-refractivity contribution in [2.24, 2.45) is 56.7 Å². The zero-order valence-electron chi connectivity index (χ0n) is 58.4. The molecule has 4 aliphatic carbocycles. The lowest BCUT2D eigenvalue weighted by molar-refractivity contribution is -0.0844. The number of hydrogen-bond donors (Lipinski definition) is 1. The minimum Gasteiger partial charge on any atom is -0.448 e. The molecule has 4 saturated carbocycles. The molecule has 5 fully saturated rings. The molecule has 9 nitrogen and oxygen atoms in total. The van der Waals surface area contributed by atoms with Gasteiger partial charge in [-0.2, -0.15) is 0 Å². The monoisotopic (exact) mass is 1130 g/mol. The molecule has 0 amide bonds. The second-order valence-electron chi connectivity index (χ2n) is 33.9. The summed E-state index contributed by atoms with van der Waals surface area (Å²) in [5.74, 6) is 6.94. The van der Waals surface area contributed by atoms with Crippen LogP contribution in [0.5, 0.6) is 0 Å². The van der Waals surface area contributed by atoms with Crippen LogP contribution in [0.3, 0.4) is 0 Å². The Hall–Kier alpha value is -2.65. The fourth-order valence-electron chi connectivity index (χ4n) is 11.3. The van der Waals surface area contributed by atoms with Crippen molar-refractivity contribution >= 4 is 0 Å². The highest BCUT2D eigenvalue weighted by Gasteiger charge is 2.40. The zero-order valence-corrected chi connectivity index (χ0v) is 58.4. The lowest BCUT2D eigenvalue weighted by Gasteiger charge is -2.43. The molecule has 3 aromatic rings. The number of oxazole rings is 1. The van der Waals surface area contributed by atoms with Crippen molar-refractivity contribution < 1.29 is 18.7 Å². The predicted molar refractivity (Wildman–Crippen MR) is 347 cm³/mol. The standard InChI is InChI=1S/2C11H22.C10H20O.C10H20.C8H12N2.C8H16O.C7H12N2O.C7H11NO/c1-9-5-7-10(8-6-9)11(2,3)4;1-11(2,3)9-10-7-5-4-6-8-10;1-9(2,3)10(11)7-5-4-6-8-10;1-10(2,3)9-7-5-4-6-8-9;1-8(2,3)7-4-9-6-10-5-7;1-8(2,3)7-4-5-9-6-7;1-5-8-9-6(10-5)7(2,3)4;1-7(2,3)6-8-4-5-9-6/h9-10H,5-8H2,1-4H3;10H,4-9H2,1-3H3;11H,4-8H2,1-3H3;9H,4-8H2,1-3H3;4-6H,1-3H3;7H,4-6H2,1-3H3;1-4H3;4-5H,1-3H3. The Bertz CT molecular complexity index is 1990. The lowest BCUT2D eigenvalue weighted by Crippen LogP contribution is -2.44. The fourth-order valence-corrected chi connectivity index (χ4v) is 11.3. The third kappa shape index (κ3) is 33.6. The molecule has 81 heavy (non-hydrogen) atoms. The lowest BCUT2D eigenvalue weighted by atomic mass is 9.68. The van der Waals surface area contributed by atoms with Gasteiger partial charge in [0.25, 0.3) is 0 Å². The summed E-state index contributed by atoms with van der Waals surface area (Å²) in [4.78, 5) is 11.9. The van der Waals surface area contributed by atoms with Crippen LogP contribution in [-0.2, 0) is 21.0 Å². The van der Waals surface area contributed by atoms with Gasteiger partial charge in [-0.05, 0) is 119 Å². The van der Waals surface area contributed by atoms with Crippen molar-refractivity contribution in [2.75, 3.05) is 13.2 Å². The molecule has 0 radical (unpaired) electrons. The van der Waals surface area contributed by atoms with Gasteiger partial charge in [0.05, 0.1) is 11.8 Å². The van der Waals surface area contributed by atoms with E-state index in [2.05, 4.69) is 177 Å². The number of aromatic nitrogens is 5. The molecule has 9 heteroatoms. The van der Waals surface area contributed by atoms with Crippen LogP contribution in [0.4, 0.5) is 0 Å². The summed E-state index contributed by atoms with van der Waals surface area (Å²) in [6.07, 6.45) is 37.6. The molecule has 8 rings (SSSR count). The first-order valence-corrected chi connectivity index (χ1v) is 32.7. The number of hydrogen-bond acceptors (Lipinski definition) is 9. The highest BCUT2D eigenvalue weighted by Crippen LogP contribution is 2.42. The first-order chi connectivity index (χ1) is 37.0. The van der Waals surface area contributed by atoms with Gasteiger partial charge in [-0.1, -0.05) is 257 Å². The largest absolute Gasteiger partial charge is 0.448 e. The van der Waals surface area contributed by atoms with Crippen molar-refractivity contribution in [1.29, 1.82) is 0 Å². The predicted octanol–water partition coefficient (Wildman–Crippen LogP) is 21.7. The van der Waals surface area contributed by atoms with Gasteiger partial charge in [0.15, 0.2) is 5.89 Å². The minimum atomic E-state index is -0.384. The second-order valence-corrected chi connectivity index (χ2v) is 33.9. The summed E-state index contributed by atoms with van der Waals surface area (Å²) < 4.78 is 15.6. The third-order valence-corrected chi connectivity index (χ3v) is 17.6. The van der Waals surface area contributed by atoms with Crippen LogP contribution in [-0.4, -0.2) is 49.1 Å². The van der Waals surface area contributed by atoms with Gasteiger partial charge in [-0.25, -0.2) is 15.0 Å². The van der Waals surface area contributed by atoms with Crippen molar-refractivity contribution in [3.63, 3.8) is 0 Å². The molecule has 1 atom stereocenters. The molecule has 472 valence electrons. The molecule has 4 heterocycles. The molecular weight excluding hydrogens is 999 g/mol. The Morgan fingerprint density at radius 2 is 0.975 bits per heavy atom. The van der Waals surface area contributed by atoms with E-state index in [1.165, 1.54) is 128 Å². The topological polar surface area (TPSA) is 120 Å². The van der Waals surface area contributed by atoms with Crippen molar-refractivity contribution in [3.05, 3.63) is 54.4 Å². The minimum absolute atomic E-state index is 0.0265. The van der Waals surface area contributed by atoms with E-state index in [9.17, 15) is 5.11 Å². The zero-order chi connectivity index (χ0) is 62.2. The van der Waals surface area contributed by atoms with Gasteiger partial charge in [-0.3, -0.25) is 0 Å². The molecule has 3 aromatic heterocycles. The quantitative estimate of drug-likeness (QED) is 0.254. The SMILES string of the molecule is CC(C)(C)C1(O)CCCCC1.CC(C)(C)C1CCCCC1.CC(C)(C)C1CCOC1.CC(C)(C)CC1CCCCC1.CC(C)(C)c1cncnc1.CC(C)(C)c1ncco1.CC1CCC(C(C)(C)C)CC1.Cc1nnc(C(C)(C)C)o1.